The van der Waals surface area contributed by atoms with E-state index in [9.17, 15) is 9.59 Å². The van der Waals surface area contributed by atoms with Crippen LogP contribution in [0, 0.1) is 5.82 Å². The summed E-state index contributed by atoms with van der Waals surface area (Å²) in [5, 5.41) is 0.597. The Balaban J connectivity index is 1.47. The van der Waals surface area contributed by atoms with E-state index in [0.29, 0.717) is 41.0 Å². The lowest BCUT2D eigenvalue weighted by molar-refractivity contribution is -0.136. The van der Waals surface area contributed by atoms with Crippen molar-refractivity contribution in [2.24, 2.45) is 5.73 Å². The molecule has 2 amide bonds. The quantitative estimate of drug-likeness (QED) is 0.378. The molecule has 0 fully saturated rings. The highest BCUT2D eigenvalue weighted by atomic mass is 19.1. The number of halogens is 1. The Morgan fingerprint density at radius 3 is 2.39 bits per heavy atom. The lowest BCUT2D eigenvalue weighted by Crippen LogP contribution is -2.48. The van der Waals surface area contributed by atoms with Gasteiger partial charge in [-0.15, -0.1) is 0 Å². The van der Waals surface area contributed by atoms with Crippen molar-refractivity contribution in [3.05, 3.63) is 83.8 Å². The molecule has 1 heterocycles. The second-order valence-corrected chi connectivity index (χ2v) is 8.95. The van der Waals surface area contributed by atoms with Gasteiger partial charge in [0, 0.05) is 35.4 Å². The number of anilines is 1. The number of nitrogens with zero attached hydrogens (tertiary/aromatic N) is 2. The van der Waals surface area contributed by atoms with Gasteiger partial charge in [-0.05, 0) is 54.7 Å². The van der Waals surface area contributed by atoms with Gasteiger partial charge in [0.05, 0.1) is 19.7 Å². The fraction of sp³-hybridized carbons (Fsp3) is 0.207. The Kier molecular flexibility index (Phi) is 6.83. The molecule has 0 saturated carbocycles. The number of hydrogen-bond acceptors (Lipinski definition) is 6. The highest BCUT2D eigenvalue weighted by Crippen LogP contribution is 2.38. The molecular weight excluding hydrogens is 489 g/mol. The average Bonchev–Trinajstić information content (AvgIpc) is 2.93. The third-order valence-corrected chi connectivity index (χ3v) is 6.74. The summed E-state index contributed by atoms with van der Waals surface area (Å²) in [6.45, 7) is 0. The molecule has 0 spiro atoms. The first-order chi connectivity index (χ1) is 18.4. The van der Waals surface area contributed by atoms with Crippen molar-refractivity contribution in [1.29, 1.82) is 0 Å². The number of ether oxygens (including phenoxy) is 3. The first-order valence-corrected chi connectivity index (χ1v) is 12.1. The summed E-state index contributed by atoms with van der Waals surface area (Å²) in [5.41, 5.74) is 8.46. The largest absolute Gasteiger partial charge is 0.493 e. The summed E-state index contributed by atoms with van der Waals surface area (Å²) in [6, 6.07) is 16.8. The van der Waals surface area contributed by atoms with E-state index < -0.39 is 17.6 Å². The van der Waals surface area contributed by atoms with Crippen LogP contribution in [-0.4, -0.2) is 37.1 Å². The molecule has 3 aromatic carbocycles. The molecule has 0 saturated heterocycles. The molecule has 0 bridgehead atoms. The number of carbonyl (C=O) groups is 2. The molecule has 1 aliphatic rings. The summed E-state index contributed by atoms with van der Waals surface area (Å²) in [6.07, 6.45) is 3.42. The molecule has 5 rings (SSSR count). The van der Waals surface area contributed by atoms with Crippen LogP contribution in [0.25, 0.3) is 10.9 Å². The lowest BCUT2D eigenvalue weighted by atomic mass is 9.87. The molecule has 9 heteroatoms. The second kappa shape index (κ2) is 10.4. The number of rotatable bonds is 6. The van der Waals surface area contributed by atoms with Crippen LogP contribution in [0.5, 0.6) is 23.0 Å². The van der Waals surface area contributed by atoms with Gasteiger partial charge in [-0.2, -0.15) is 0 Å². The second-order valence-electron chi connectivity index (χ2n) is 8.95. The van der Waals surface area contributed by atoms with Crippen molar-refractivity contribution in [1.82, 2.24) is 4.98 Å². The van der Waals surface area contributed by atoms with Gasteiger partial charge in [-0.3, -0.25) is 14.6 Å². The number of aromatic nitrogens is 1. The third kappa shape index (κ3) is 4.70. The Labute approximate surface area is 218 Å². The van der Waals surface area contributed by atoms with Crippen LogP contribution in [0.1, 0.15) is 17.5 Å². The summed E-state index contributed by atoms with van der Waals surface area (Å²) >= 11 is 0. The van der Waals surface area contributed by atoms with Crippen LogP contribution in [0.2, 0.25) is 0 Å². The number of amides is 2. The van der Waals surface area contributed by atoms with Crippen molar-refractivity contribution >= 4 is 28.4 Å². The molecule has 1 unspecified atom stereocenters. The van der Waals surface area contributed by atoms with Gasteiger partial charge < -0.3 is 24.8 Å². The molecule has 194 valence electrons. The van der Waals surface area contributed by atoms with Gasteiger partial charge in [0.15, 0.2) is 23.1 Å². The fourth-order valence-corrected chi connectivity index (χ4v) is 4.89. The zero-order valence-corrected chi connectivity index (χ0v) is 20.9. The van der Waals surface area contributed by atoms with Crippen LogP contribution in [-0.2, 0) is 22.4 Å². The van der Waals surface area contributed by atoms with Gasteiger partial charge >= 0.3 is 11.8 Å². The van der Waals surface area contributed by atoms with Crippen molar-refractivity contribution < 1.29 is 28.2 Å². The van der Waals surface area contributed by atoms with Crippen LogP contribution in [0.3, 0.4) is 0 Å². The number of pyridine rings is 1. The number of carbonyl (C=O) groups excluding carboxylic acids is 2. The van der Waals surface area contributed by atoms with Crippen LogP contribution in [0.4, 0.5) is 10.1 Å². The molecule has 1 aromatic heterocycles. The smallest absolute Gasteiger partial charge is 0.316 e. The molecule has 0 aliphatic heterocycles. The van der Waals surface area contributed by atoms with Gasteiger partial charge in [0.1, 0.15) is 5.75 Å². The Bertz CT molecular complexity index is 1540. The minimum Gasteiger partial charge on any atom is -0.493 e. The minimum absolute atomic E-state index is 0.0588. The summed E-state index contributed by atoms with van der Waals surface area (Å²) < 4.78 is 32.0. The molecule has 2 N–H and O–H groups in total. The molecular formula is C29H26FN3O5. The van der Waals surface area contributed by atoms with Crippen molar-refractivity contribution in [3.63, 3.8) is 0 Å². The predicted octanol–water partition coefficient (Wildman–Crippen LogP) is 4.56. The van der Waals surface area contributed by atoms with E-state index in [1.165, 1.54) is 36.8 Å². The molecule has 8 nitrogen and oxygen atoms in total. The Morgan fingerprint density at radius 1 is 0.947 bits per heavy atom. The first-order valence-electron chi connectivity index (χ1n) is 12.1. The van der Waals surface area contributed by atoms with Crippen LogP contribution < -0.4 is 24.8 Å². The first kappa shape index (κ1) is 25.0. The molecule has 1 atom stereocenters. The van der Waals surface area contributed by atoms with E-state index >= 15 is 4.39 Å². The number of nitrogens with two attached hydrogens (primary N) is 1. The summed E-state index contributed by atoms with van der Waals surface area (Å²) in [5.74, 6) is -1.41. The number of fused-ring (bicyclic) bond motifs is 2. The lowest BCUT2D eigenvalue weighted by Gasteiger charge is -2.34. The van der Waals surface area contributed by atoms with E-state index in [-0.39, 0.29) is 17.5 Å². The predicted molar refractivity (Wildman–Crippen MR) is 140 cm³/mol. The van der Waals surface area contributed by atoms with Crippen LogP contribution >= 0.6 is 0 Å². The number of methoxy groups -OCH3 is 2. The number of benzene rings is 3. The molecule has 1 aliphatic carbocycles. The van der Waals surface area contributed by atoms with Crippen molar-refractivity contribution in [2.45, 2.75) is 25.3 Å². The number of primary amides is 1. The average molecular weight is 516 g/mol. The van der Waals surface area contributed by atoms with Gasteiger partial charge in [-0.1, -0.05) is 24.3 Å². The van der Waals surface area contributed by atoms with E-state index in [1.54, 1.807) is 30.5 Å². The van der Waals surface area contributed by atoms with E-state index in [4.69, 9.17) is 19.9 Å². The summed E-state index contributed by atoms with van der Waals surface area (Å²) in [4.78, 5) is 30.4. The Hall–Kier alpha value is -4.66. The third-order valence-electron chi connectivity index (χ3n) is 6.74. The normalized spacial score (nSPS) is 14.4. The number of hydrogen-bond donors (Lipinski definition) is 1. The SMILES string of the molecule is COc1cc2nccc(Oc3ccc(N(C(=O)C(N)=O)C4CCc5ccccc5C4)cc3F)c2cc1OC. The van der Waals surface area contributed by atoms with Gasteiger partial charge in [0.2, 0.25) is 0 Å². The van der Waals surface area contributed by atoms with E-state index in [0.717, 1.165) is 12.0 Å². The molecule has 0 radical (unpaired) electrons. The molecule has 38 heavy (non-hydrogen) atoms. The van der Waals surface area contributed by atoms with Crippen molar-refractivity contribution in [2.75, 3.05) is 19.1 Å². The maximum Gasteiger partial charge on any atom is 0.316 e. The standard InChI is InChI=1S/C29H26FN3O5/c1-36-26-15-21-23(16-27(26)37-2)32-12-11-24(21)38-25-10-9-20(14-22(25)30)33(29(35)28(31)34)19-8-7-17-5-3-4-6-18(17)13-19/h3-6,9-12,14-16,19H,7-8,13H2,1-2H3,(H2,31,34). The Morgan fingerprint density at radius 2 is 1.68 bits per heavy atom. The van der Waals surface area contributed by atoms with Crippen LogP contribution in [0.15, 0.2) is 66.9 Å². The number of aryl methyl sites for hydroxylation is 1. The maximum absolute atomic E-state index is 15.4. The molecule has 4 aromatic rings. The topological polar surface area (TPSA) is 104 Å². The summed E-state index contributed by atoms with van der Waals surface area (Å²) in [7, 11) is 3.04. The van der Waals surface area contributed by atoms with E-state index in [1.807, 2.05) is 24.3 Å². The minimum atomic E-state index is -1.10. The monoisotopic (exact) mass is 515 g/mol. The van der Waals surface area contributed by atoms with Crippen molar-refractivity contribution in [3.8, 4) is 23.0 Å². The van der Waals surface area contributed by atoms with E-state index in [2.05, 4.69) is 4.98 Å². The van der Waals surface area contributed by atoms with Gasteiger partial charge in [0.25, 0.3) is 0 Å². The highest BCUT2D eigenvalue weighted by molar-refractivity contribution is 6.40. The maximum atomic E-state index is 15.4. The highest BCUT2D eigenvalue weighted by Gasteiger charge is 2.32. The zero-order valence-electron chi connectivity index (χ0n) is 20.9. The zero-order chi connectivity index (χ0) is 26.8. The fourth-order valence-electron chi connectivity index (χ4n) is 4.89. The van der Waals surface area contributed by atoms with Gasteiger partial charge in [-0.25, -0.2) is 4.39 Å².